The summed E-state index contributed by atoms with van der Waals surface area (Å²) >= 11 is 1.43. The summed E-state index contributed by atoms with van der Waals surface area (Å²) in [4.78, 5) is 7.81. The van der Waals surface area contributed by atoms with Crippen LogP contribution < -0.4 is 0 Å². The van der Waals surface area contributed by atoms with Gasteiger partial charge in [0, 0.05) is 11.8 Å². The number of nitrogens with zero attached hydrogens (tertiary/aromatic N) is 2. The quantitative estimate of drug-likeness (QED) is 0.661. The molecule has 0 amide bonds. The Morgan fingerprint density at radius 1 is 1.00 bits per heavy atom. The van der Waals surface area contributed by atoms with Gasteiger partial charge in [-0.15, -0.1) is 11.3 Å². The van der Waals surface area contributed by atoms with E-state index in [2.05, 4.69) is 9.97 Å². The average molecular weight is 280 g/mol. The van der Waals surface area contributed by atoms with E-state index in [0.29, 0.717) is 10.6 Å². The number of hydrogen-bond donors (Lipinski definition) is 0. The second kappa shape index (κ2) is 4.31. The topological polar surface area (TPSA) is 25.8 Å². The number of hydrogen-bond acceptors (Lipinski definition) is 3. The van der Waals surface area contributed by atoms with Gasteiger partial charge in [-0.25, -0.2) is 4.98 Å². The summed E-state index contributed by atoms with van der Waals surface area (Å²) < 4.78 is 38.2. The van der Waals surface area contributed by atoms with Crippen molar-refractivity contribution in [1.29, 1.82) is 0 Å². The summed E-state index contributed by atoms with van der Waals surface area (Å²) in [6.07, 6.45) is -3.20. The number of benzene rings is 1. The van der Waals surface area contributed by atoms with Gasteiger partial charge in [-0.3, -0.25) is 4.98 Å². The molecule has 0 spiro atoms. The van der Waals surface area contributed by atoms with Crippen molar-refractivity contribution in [3.05, 3.63) is 48.3 Å². The molecule has 2 nitrogen and oxygen atoms in total. The van der Waals surface area contributed by atoms with Gasteiger partial charge in [0.05, 0.1) is 10.2 Å². The third kappa shape index (κ3) is 2.31. The minimum absolute atomic E-state index is 0.592. The van der Waals surface area contributed by atoms with Crippen molar-refractivity contribution in [3.8, 4) is 10.6 Å². The third-order valence-corrected chi connectivity index (χ3v) is 3.68. The Bertz CT molecular complexity index is 684. The first-order valence-electron chi connectivity index (χ1n) is 5.43. The molecule has 0 aliphatic heterocycles. The van der Waals surface area contributed by atoms with Crippen LogP contribution in [0.4, 0.5) is 13.2 Å². The van der Waals surface area contributed by atoms with E-state index in [1.165, 1.54) is 23.6 Å². The van der Waals surface area contributed by atoms with Gasteiger partial charge in [0.2, 0.25) is 0 Å². The summed E-state index contributed by atoms with van der Waals surface area (Å²) in [5.41, 5.74) is 0.536. The van der Waals surface area contributed by atoms with E-state index in [9.17, 15) is 13.2 Å². The van der Waals surface area contributed by atoms with Crippen LogP contribution in [-0.4, -0.2) is 9.97 Å². The van der Waals surface area contributed by atoms with E-state index in [-0.39, 0.29) is 0 Å². The average Bonchev–Trinajstić information content (AvgIpc) is 2.81. The molecule has 0 unspecified atom stereocenters. The smallest absolute Gasteiger partial charge is 0.251 e. The second-order valence-corrected chi connectivity index (χ2v) is 4.95. The zero-order chi connectivity index (χ0) is 13.5. The predicted octanol–water partition coefficient (Wildman–Crippen LogP) is 4.38. The van der Waals surface area contributed by atoms with Crippen molar-refractivity contribution in [2.24, 2.45) is 0 Å². The highest BCUT2D eigenvalue weighted by Gasteiger charge is 2.32. The Morgan fingerprint density at radius 2 is 1.79 bits per heavy atom. The fraction of sp³-hybridized carbons (Fsp3) is 0.0769. The van der Waals surface area contributed by atoms with Gasteiger partial charge in [-0.2, -0.15) is 13.2 Å². The Morgan fingerprint density at radius 3 is 2.42 bits per heavy atom. The molecule has 0 radical (unpaired) electrons. The van der Waals surface area contributed by atoms with Crippen LogP contribution in [0, 0.1) is 0 Å². The fourth-order valence-corrected chi connectivity index (χ4v) is 2.64. The number of para-hydroxylation sites is 1. The summed E-state index contributed by atoms with van der Waals surface area (Å²) in [6, 6.07) is 9.93. The fourth-order valence-electron chi connectivity index (χ4n) is 1.68. The zero-order valence-corrected chi connectivity index (χ0v) is 10.3. The van der Waals surface area contributed by atoms with Gasteiger partial charge in [-0.1, -0.05) is 12.1 Å². The molecule has 0 saturated heterocycles. The lowest BCUT2D eigenvalue weighted by molar-refractivity contribution is -0.141. The number of fused-ring (bicyclic) bond motifs is 1. The van der Waals surface area contributed by atoms with Crippen LogP contribution in [0.15, 0.2) is 42.6 Å². The predicted molar refractivity (Wildman–Crippen MR) is 67.9 cm³/mol. The molecule has 0 N–H and O–H groups in total. The van der Waals surface area contributed by atoms with Gasteiger partial charge in [0.1, 0.15) is 10.7 Å². The van der Waals surface area contributed by atoms with Crippen molar-refractivity contribution >= 4 is 21.6 Å². The molecule has 96 valence electrons. The van der Waals surface area contributed by atoms with Gasteiger partial charge in [0.25, 0.3) is 0 Å². The van der Waals surface area contributed by atoms with Gasteiger partial charge in [-0.05, 0) is 24.3 Å². The molecule has 0 atom stereocenters. The van der Waals surface area contributed by atoms with Crippen molar-refractivity contribution in [2.75, 3.05) is 0 Å². The van der Waals surface area contributed by atoms with E-state index in [4.69, 9.17) is 0 Å². The van der Waals surface area contributed by atoms with E-state index in [0.717, 1.165) is 16.3 Å². The molecular weight excluding hydrogens is 273 g/mol. The van der Waals surface area contributed by atoms with Crippen molar-refractivity contribution in [2.45, 2.75) is 6.18 Å². The number of thiazole rings is 1. The van der Waals surface area contributed by atoms with E-state index in [1.54, 1.807) is 0 Å². The minimum atomic E-state index is -4.41. The van der Waals surface area contributed by atoms with Gasteiger partial charge >= 0.3 is 6.18 Å². The number of halogens is 3. The second-order valence-electron chi connectivity index (χ2n) is 3.92. The standard InChI is InChI=1S/C13H7F3N2S/c14-13(15,16)11-6-5-8(7-17-11)12-18-9-3-1-2-4-10(9)19-12/h1-7H. The van der Waals surface area contributed by atoms with Crippen LogP contribution in [0.3, 0.4) is 0 Å². The van der Waals surface area contributed by atoms with E-state index < -0.39 is 11.9 Å². The molecule has 2 heterocycles. The lowest BCUT2D eigenvalue weighted by Crippen LogP contribution is -2.07. The molecule has 0 fully saturated rings. The van der Waals surface area contributed by atoms with Crippen LogP contribution >= 0.6 is 11.3 Å². The van der Waals surface area contributed by atoms with Crippen LogP contribution in [0.2, 0.25) is 0 Å². The first-order chi connectivity index (χ1) is 9.04. The summed E-state index contributed by atoms with van der Waals surface area (Å²) in [5, 5.41) is 0.669. The molecule has 3 aromatic rings. The van der Waals surface area contributed by atoms with Crippen LogP contribution in [0.1, 0.15) is 5.69 Å². The van der Waals surface area contributed by atoms with Crippen LogP contribution in [0.25, 0.3) is 20.8 Å². The molecular formula is C13H7F3N2S. The van der Waals surface area contributed by atoms with Crippen molar-refractivity contribution < 1.29 is 13.2 Å². The number of rotatable bonds is 1. The van der Waals surface area contributed by atoms with Gasteiger partial charge < -0.3 is 0 Å². The minimum Gasteiger partial charge on any atom is -0.251 e. The van der Waals surface area contributed by atoms with E-state index >= 15 is 0 Å². The monoisotopic (exact) mass is 280 g/mol. The molecule has 0 saturated carbocycles. The molecule has 0 aliphatic carbocycles. The van der Waals surface area contributed by atoms with Crippen LogP contribution in [0.5, 0.6) is 0 Å². The Labute approximate surface area is 110 Å². The molecule has 0 aliphatic rings. The molecule has 19 heavy (non-hydrogen) atoms. The largest absolute Gasteiger partial charge is 0.433 e. The molecule has 1 aromatic carbocycles. The summed E-state index contributed by atoms with van der Waals surface area (Å²) in [7, 11) is 0. The first kappa shape index (κ1) is 12.1. The maximum Gasteiger partial charge on any atom is 0.433 e. The summed E-state index contributed by atoms with van der Waals surface area (Å²) in [6.45, 7) is 0. The Hall–Kier alpha value is -1.95. The highest BCUT2D eigenvalue weighted by Crippen LogP contribution is 2.32. The molecule has 2 aromatic heterocycles. The first-order valence-corrected chi connectivity index (χ1v) is 6.25. The third-order valence-electron chi connectivity index (χ3n) is 2.59. The SMILES string of the molecule is FC(F)(F)c1ccc(-c2nc3ccccc3s2)cn1. The normalized spacial score (nSPS) is 11.9. The highest BCUT2D eigenvalue weighted by molar-refractivity contribution is 7.21. The lowest BCUT2D eigenvalue weighted by Gasteiger charge is -2.04. The van der Waals surface area contributed by atoms with Gasteiger partial charge in [0.15, 0.2) is 0 Å². The molecule has 0 bridgehead atoms. The Balaban J connectivity index is 2.02. The van der Waals surface area contributed by atoms with E-state index in [1.807, 2.05) is 24.3 Å². The lowest BCUT2D eigenvalue weighted by atomic mass is 10.2. The molecule has 3 rings (SSSR count). The van der Waals surface area contributed by atoms with Crippen molar-refractivity contribution in [3.63, 3.8) is 0 Å². The zero-order valence-electron chi connectivity index (χ0n) is 9.48. The van der Waals surface area contributed by atoms with Crippen molar-refractivity contribution in [1.82, 2.24) is 9.97 Å². The highest BCUT2D eigenvalue weighted by atomic mass is 32.1. The summed E-state index contributed by atoms with van der Waals surface area (Å²) in [5.74, 6) is 0. The van der Waals surface area contributed by atoms with Crippen LogP contribution in [-0.2, 0) is 6.18 Å². The molecule has 6 heteroatoms. The number of alkyl halides is 3. The number of aromatic nitrogens is 2. The maximum atomic E-state index is 12.4. The maximum absolute atomic E-state index is 12.4. The number of pyridine rings is 1. The Kier molecular flexibility index (Phi) is 2.74.